The van der Waals surface area contributed by atoms with Crippen molar-refractivity contribution in [3.8, 4) is 0 Å². The molecule has 1 N–H and O–H groups in total. The van der Waals surface area contributed by atoms with E-state index in [-0.39, 0.29) is 0 Å². The topological polar surface area (TPSA) is 15.3 Å². The van der Waals surface area contributed by atoms with Crippen LogP contribution in [-0.2, 0) is 0 Å². The van der Waals surface area contributed by atoms with E-state index in [4.69, 9.17) is 0 Å². The summed E-state index contributed by atoms with van der Waals surface area (Å²) in [6.07, 6.45) is 0. The quantitative estimate of drug-likeness (QED) is 0.920. The fraction of sp³-hybridized carbons (Fsp3) is 0.647. The smallest absolute Gasteiger partial charge is 0.0218 e. The molecular formula is C17H26N2S. The minimum atomic E-state index is 0.649. The van der Waals surface area contributed by atoms with Gasteiger partial charge in [-0.3, -0.25) is 4.90 Å². The number of hydrogen-bond donors (Lipinski definition) is 1. The maximum absolute atomic E-state index is 3.70. The van der Waals surface area contributed by atoms with Crippen LogP contribution in [0.3, 0.4) is 0 Å². The first kappa shape index (κ1) is 14.4. The van der Waals surface area contributed by atoms with Crippen molar-refractivity contribution in [3.63, 3.8) is 0 Å². The van der Waals surface area contributed by atoms with Gasteiger partial charge in [-0.05, 0) is 24.5 Å². The van der Waals surface area contributed by atoms with Crippen LogP contribution in [0.1, 0.15) is 32.3 Å². The van der Waals surface area contributed by atoms with E-state index in [0.29, 0.717) is 18.0 Å². The fourth-order valence-electron chi connectivity index (χ4n) is 3.31. The number of nitrogens with one attached hydrogen (secondary N) is 1. The molecule has 0 radical (unpaired) electrons. The molecule has 0 spiro atoms. The minimum Gasteiger partial charge on any atom is -0.311 e. The fourth-order valence-corrected chi connectivity index (χ4v) is 4.55. The maximum atomic E-state index is 3.70. The number of fused-ring (bicyclic) bond motifs is 1. The third kappa shape index (κ3) is 2.90. The molecule has 0 amide bonds. The second kappa shape index (κ2) is 6.08. The Bertz CT molecular complexity index is 460. The molecule has 1 fully saturated rings. The first-order valence-electron chi connectivity index (χ1n) is 7.84. The zero-order chi connectivity index (χ0) is 14.1. The van der Waals surface area contributed by atoms with E-state index < -0.39 is 0 Å². The summed E-state index contributed by atoms with van der Waals surface area (Å²) >= 11 is 2.03. The van der Waals surface area contributed by atoms with E-state index in [1.807, 2.05) is 11.8 Å². The molecule has 3 unspecified atom stereocenters. The summed E-state index contributed by atoms with van der Waals surface area (Å²) in [5, 5.41) is 3.70. The average molecular weight is 290 g/mol. The Morgan fingerprint density at radius 1 is 1.35 bits per heavy atom. The highest BCUT2D eigenvalue weighted by atomic mass is 32.2. The van der Waals surface area contributed by atoms with Gasteiger partial charge in [-0.1, -0.05) is 32.0 Å². The van der Waals surface area contributed by atoms with Crippen molar-refractivity contribution in [2.24, 2.45) is 5.92 Å². The van der Waals surface area contributed by atoms with Crippen LogP contribution in [0.25, 0.3) is 0 Å². The average Bonchev–Trinajstić information content (AvgIpc) is 2.84. The second-order valence-electron chi connectivity index (χ2n) is 6.61. The summed E-state index contributed by atoms with van der Waals surface area (Å²) in [6, 6.07) is 10.3. The predicted octanol–water partition coefficient (Wildman–Crippen LogP) is 3.19. The van der Waals surface area contributed by atoms with Crippen LogP contribution in [0.5, 0.6) is 0 Å². The van der Waals surface area contributed by atoms with Gasteiger partial charge < -0.3 is 5.32 Å². The van der Waals surface area contributed by atoms with Crippen LogP contribution in [0.4, 0.5) is 0 Å². The Morgan fingerprint density at radius 3 is 2.95 bits per heavy atom. The van der Waals surface area contributed by atoms with Crippen LogP contribution < -0.4 is 5.32 Å². The number of rotatable bonds is 3. The molecule has 3 heteroatoms. The summed E-state index contributed by atoms with van der Waals surface area (Å²) in [7, 11) is 0. The number of nitrogens with zero attached hydrogens (tertiary/aromatic N) is 1. The highest BCUT2D eigenvalue weighted by molar-refractivity contribution is 7.99. The summed E-state index contributed by atoms with van der Waals surface area (Å²) < 4.78 is 0. The molecule has 2 heterocycles. The Morgan fingerprint density at radius 2 is 2.15 bits per heavy atom. The largest absolute Gasteiger partial charge is 0.311 e. The van der Waals surface area contributed by atoms with E-state index in [2.05, 4.69) is 55.3 Å². The van der Waals surface area contributed by atoms with Crippen molar-refractivity contribution in [2.75, 3.05) is 25.4 Å². The molecule has 2 nitrogen and oxygen atoms in total. The van der Waals surface area contributed by atoms with Crippen LogP contribution in [0, 0.1) is 5.92 Å². The molecule has 1 aromatic rings. The lowest BCUT2D eigenvalue weighted by atomic mass is 9.96. The molecule has 2 aliphatic rings. The van der Waals surface area contributed by atoms with Gasteiger partial charge in [0.2, 0.25) is 0 Å². The zero-order valence-corrected chi connectivity index (χ0v) is 13.6. The summed E-state index contributed by atoms with van der Waals surface area (Å²) in [6.45, 7) is 10.6. The Balaban J connectivity index is 1.68. The Hall–Kier alpha value is -0.510. The lowest BCUT2D eigenvalue weighted by molar-refractivity contribution is 0.118. The molecule has 3 rings (SSSR count). The summed E-state index contributed by atoms with van der Waals surface area (Å²) in [4.78, 5) is 4.20. The van der Waals surface area contributed by atoms with Gasteiger partial charge in [0, 0.05) is 48.3 Å². The predicted molar refractivity (Wildman–Crippen MR) is 87.6 cm³/mol. The van der Waals surface area contributed by atoms with Gasteiger partial charge in [-0.2, -0.15) is 0 Å². The van der Waals surface area contributed by atoms with Gasteiger partial charge in [-0.15, -0.1) is 11.8 Å². The van der Waals surface area contributed by atoms with Crippen LogP contribution >= 0.6 is 11.8 Å². The van der Waals surface area contributed by atoms with Crippen molar-refractivity contribution in [2.45, 2.75) is 43.7 Å². The van der Waals surface area contributed by atoms with Gasteiger partial charge >= 0.3 is 0 Å². The van der Waals surface area contributed by atoms with Gasteiger partial charge in [-0.25, -0.2) is 0 Å². The van der Waals surface area contributed by atoms with Crippen molar-refractivity contribution in [1.29, 1.82) is 0 Å². The van der Waals surface area contributed by atoms with Gasteiger partial charge in [0.1, 0.15) is 0 Å². The molecule has 1 saturated heterocycles. The van der Waals surface area contributed by atoms with Crippen molar-refractivity contribution in [3.05, 3.63) is 29.8 Å². The normalized spacial score (nSPS) is 30.7. The first-order valence-corrected chi connectivity index (χ1v) is 8.83. The van der Waals surface area contributed by atoms with Gasteiger partial charge in [0.15, 0.2) is 0 Å². The third-order valence-electron chi connectivity index (χ3n) is 4.79. The SMILES string of the molecule is CC(C)C1CN(CC2CSc3ccccc32)C(C)CN1. The molecule has 3 atom stereocenters. The van der Waals surface area contributed by atoms with Crippen LogP contribution in [0.2, 0.25) is 0 Å². The molecule has 110 valence electrons. The number of benzene rings is 1. The molecular weight excluding hydrogens is 264 g/mol. The van der Waals surface area contributed by atoms with E-state index in [1.165, 1.54) is 23.7 Å². The lowest BCUT2D eigenvalue weighted by Crippen LogP contribution is -2.57. The van der Waals surface area contributed by atoms with E-state index in [1.54, 1.807) is 5.56 Å². The molecule has 0 aliphatic carbocycles. The lowest BCUT2D eigenvalue weighted by Gasteiger charge is -2.41. The van der Waals surface area contributed by atoms with Crippen LogP contribution in [-0.4, -0.2) is 42.4 Å². The van der Waals surface area contributed by atoms with Crippen molar-refractivity contribution in [1.82, 2.24) is 10.2 Å². The maximum Gasteiger partial charge on any atom is 0.0218 e. The second-order valence-corrected chi connectivity index (χ2v) is 7.67. The first-order chi connectivity index (χ1) is 9.65. The molecule has 20 heavy (non-hydrogen) atoms. The summed E-state index contributed by atoms with van der Waals surface area (Å²) in [5.41, 5.74) is 1.57. The van der Waals surface area contributed by atoms with Gasteiger partial charge in [0.25, 0.3) is 0 Å². The van der Waals surface area contributed by atoms with Crippen molar-refractivity contribution >= 4 is 11.8 Å². The molecule has 0 bridgehead atoms. The highest BCUT2D eigenvalue weighted by Gasteiger charge is 2.31. The number of piperazine rings is 1. The number of hydrogen-bond acceptors (Lipinski definition) is 3. The zero-order valence-electron chi connectivity index (χ0n) is 12.8. The minimum absolute atomic E-state index is 0.649. The van der Waals surface area contributed by atoms with E-state index >= 15 is 0 Å². The van der Waals surface area contributed by atoms with Crippen molar-refractivity contribution < 1.29 is 0 Å². The monoisotopic (exact) mass is 290 g/mol. The van der Waals surface area contributed by atoms with Crippen LogP contribution in [0.15, 0.2) is 29.2 Å². The number of thioether (sulfide) groups is 1. The van der Waals surface area contributed by atoms with Gasteiger partial charge in [0.05, 0.1) is 0 Å². The standard InChI is InChI=1S/C17H26N2S/c1-12(2)16-10-19(13(3)8-18-16)9-14-11-20-17-7-5-4-6-15(14)17/h4-7,12-14,16,18H,8-11H2,1-3H3. The van der Waals surface area contributed by atoms with E-state index in [9.17, 15) is 0 Å². The highest BCUT2D eigenvalue weighted by Crippen LogP contribution is 2.39. The Labute approximate surface area is 127 Å². The Kier molecular flexibility index (Phi) is 4.39. The summed E-state index contributed by atoms with van der Waals surface area (Å²) in [5.74, 6) is 2.68. The molecule has 0 saturated carbocycles. The third-order valence-corrected chi connectivity index (χ3v) is 6.04. The molecule has 2 aliphatic heterocycles. The van der Waals surface area contributed by atoms with E-state index in [0.717, 1.165) is 12.5 Å². The molecule has 1 aromatic carbocycles. The molecule has 0 aromatic heterocycles.